The molecule has 0 unspecified atom stereocenters. The molecule has 0 aromatic heterocycles. The standard InChI is InChI=1S/C13H16N4O4/c14-12(18)9-15-5-7-16(8-6-15)13(19)10-3-1-2-4-11(10)17(20)21/h1-4H,5-9H2,(H2,14,18). The molecule has 0 spiro atoms. The van der Waals surface area contributed by atoms with Crippen LogP contribution in [-0.4, -0.2) is 59.3 Å². The van der Waals surface area contributed by atoms with Crippen molar-refractivity contribution in [1.82, 2.24) is 9.80 Å². The van der Waals surface area contributed by atoms with Crippen LogP contribution in [0.3, 0.4) is 0 Å². The van der Waals surface area contributed by atoms with Crippen LogP contribution in [0.1, 0.15) is 10.4 Å². The van der Waals surface area contributed by atoms with Crippen molar-refractivity contribution in [3.05, 3.63) is 39.9 Å². The van der Waals surface area contributed by atoms with Crippen LogP contribution in [0.5, 0.6) is 0 Å². The molecule has 1 fully saturated rings. The summed E-state index contributed by atoms with van der Waals surface area (Å²) in [6.45, 7) is 2.04. The van der Waals surface area contributed by atoms with Crippen LogP contribution >= 0.6 is 0 Å². The van der Waals surface area contributed by atoms with Gasteiger partial charge in [0.25, 0.3) is 11.6 Å². The lowest BCUT2D eigenvalue weighted by Crippen LogP contribution is -2.50. The fourth-order valence-electron chi connectivity index (χ4n) is 2.31. The SMILES string of the molecule is NC(=O)CN1CCN(C(=O)c2ccccc2[N+](=O)[O-])CC1. The first-order valence-electron chi connectivity index (χ1n) is 6.52. The Morgan fingerprint density at radius 2 is 1.81 bits per heavy atom. The first-order valence-corrected chi connectivity index (χ1v) is 6.52. The molecule has 1 aromatic carbocycles. The highest BCUT2D eigenvalue weighted by Crippen LogP contribution is 2.20. The third-order valence-electron chi connectivity index (χ3n) is 3.37. The van der Waals surface area contributed by atoms with Crippen molar-refractivity contribution in [2.75, 3.05) is 32.7 Å². The third kappa shape index (κ3) is 3.54. The van der Waals surface area contributed by atoms with Crippen LogP contribution in [0.15, 0.2) is 24.3 Å². The van der Waals surface area contributed by atoms with Crippen molar-refractivity contribution in [1.29, 1.82) is 0 Å². The van der Waals surface area contributed by atoms with Gasteiger partial charge in [-0.3, -0.25) is 24.6 Å². The molecule has 2 amide bonds. The molecule has 112 valence electrons. The molecule has 0 aliphatic carbocycles. The van der Waals surface area contributed by atoms with Gasteiger partial charge in [-0.15, -0.1) is 0 Å². The van der Waals surface area contributed by atoms with E-state index in [2.05, 4.69) is 0 Å². The van der Waals surface area contributed by atoms with E-state index in [0.717, 1.165) is 0 Å². The number of piperazine rings is 1. The minimum Gasteiger partial charge on any atom is -0.369 e. The van der Waals surface area contributed by atoms with Gasteiger partial charge >= 0.3 is 0 Å². The zero-order chi connectivity index (χ0) is 15.4. The predicted octanol–water partition coefficient (Wildman–Crippen LogP) is -0.162. The molecule has 0 radical (unpaired) electrons. The average Bonchev–Trinajstić information content (AvgIpc) is 2.46. The molecule has 1 aliphatic heterocycles. The van der Waals surface area contributed by atoms with Crippen molar-refractivity contribution in [3.63, 3.8) is 0 Å². The topological polar surface area (TPSA) is 110 Å². The summed E-state index contributed by atoms with van der Waals surface area (Å²) >= 11 is 0. The van der Waals surface area contributed by atoms with E-state index < -0.39 is 10.8 Å². The van der Waals surface area contributed by atoms with E-state index in [1.54, 1.807) is 11.0 Å². The molecule has 21 heavy (non-hydrogen) atoms. The minimum absolute atomic E-state index is 0.0888. The summed E-state index contributed by atoms with van der Waals surface area (Å²) in [5.41, 5.74) is 5.02. The summed E-state index contributed by atoms with van der Waals surface area (Å²) in [4.78, 5) is 37.0. The number of amides is 2. The molecule has 8 nitrogen and oxygen atoms in total. The van der Waals surface area contributed by atoms with E-state index in [4.69, 9.17) is 5.73 Å². The maximum atomic E-state index is 12.4. The van der Waals surface area contributed by atoms with E-state index in [1.807, 2.05) is 4.90 Å². The Hall–Kier alpha value is -2.48. The van der Waals surface area contributed by atoms with Crippen LogP contribution in [0.4, 0.5) is 5.69 Å². The molecule has 0 atom stereocenters. The number of para-hydroxylation sites is 1. The van der Waals surface area contributed by atoms with E-state index in [-0.39, 0.29) is 23.7 Å². The van der Waals surface area contributed by atoms with Gasteiger partial charge in [0.15, 0.2) is 0 Å². The number of carbonyl (C=O) groups excluding carboxylic acids is 2. The Labute approximate surface area is 121 Å². The molecular weight excluding hydrogens is 276 g/mol. The highest BCUT2D eigenvalue weighted by atomic mass is 16.6. The van der Waals surface area contributed by atoms with Crippen molar-refractivity contribution < 1.29 is 14.5 Å². The first-order chi connectivity index (χ1) is 9.99. The fourth-order valence-corrected chi connectivity index (χ4v) is 2.31. The predicted molar refractivity (Wildman–Crippen MR) is 74.6 cm³/mol. The summed E-state index contributed by atoms with van der Waals surface area (Å²) < 4.78 is 0. The second-order valence-electron chi connectivity index (χ2n) is 4.81. The van der Waals surface area contributed by atoms with Gasteiger partial charge < -0.3 is 10.6 Å². The zero-order valence-corrected chi connectivity index (χ0v) is 11.4. The number of carbonyl (C=O) groups is 2. The summed E-state index contributed by atoms with van der Waals surface area (Å²) in [6, 6.07) is 5.90. The van der Waals surface area contributed by atoms with Crippen LogP contribution in [0.25, 0.3) is 0 Å². The van der Waals surface area contributed by atoms with Gasteiger partial charge in [0, 0.05) is 32.2 Å². The smallest absolute Gasteiger partial charge is 0.282 e. The van der Waals surface area contributed by atoms with E-state index in [1.165, 1.54) is 18.2 Å². The van der Waals surface area contributed by atoms with E-state index >= 15 is 0 Å². The normalized spacial score (nSPS) is 15.7. The van der Waals surface area contributed by atoms with E-state index in [9.17, 15) is 19.7 Å². The van der Waals surface area contributed by atoms with E-state index in [0.29, 0.717) is 26.2 Å². The van der Waals surface area contributed by atoms with Gasteiger partial charge in [-0.05, 0) is 6.07 Å². The van der Waals surface area contributed by atoms with Crippen molar-refractivity contribution >= 4 is 17.5 Å². The molecule has 0 bridgehead atoms. The number of hydrogen-bond donors (Lipinski definition) is 1. The number of nitro benzene ring substituents is 1. The summed E-state index contributed by atoms with van der Waals surface area (Å²) in [7, 11) is 0. The third-order valence-corrected chi connectivity index (χ3v) is 3.37. The van der Waals surface area contributed by atoms with Gasteiger partial charge in [-0.25, -0.2) is 0 Å². The van der Waals surface area contributed by atoms with Crippen molar-refractivity contribution in [3.8, 4) is 0 Å². The van der Waals surface area contributed by atoms with Gasteiger partial charge in [0.05, 0.1) is 11.5 Å². The lowest BCUT2D eigenvalue weighted by atomic mass is 10.1. The van der Waals surface area contributed by atoms with Crippen molar-refractivity contribution in [2.24, 2.45) is 5.73 Å². The number of nitro groups is 1. The monoisotopic (exact) mass is 292 g/mol. The van der Waals surface area contributed by atoms with Crippen LogP contribution in [0, 0.1) is 10.1 Å². The first kappa shape index (κ1) is 14.9. The molecule has 2 N–H and O–H groups in total. The second-order valence-corrected chi connectivity index (χ2v) is 4.81. The maximum absolute atomic E-state index is 12.4. The Morgan fingerprint density at radius 3 is 2.38 bits per heavy atom. The molecule has 1 heterocycles. The molecular formula is C13H16N4O4. The minimum atomic E-state index is -0.559. The Morgan fingerprint density at radius 1 is 1.19 bits per heavy atom. The lowest BCUT2D eigenvalue weighted by molar-refractivity contribution is -0.385. The summed E-state index contributed by atoms with van der Waals surface area (Å²) in [5.74, 6) is -0.769. The van der Waals surface area contributed by atoms with Gasteiger partial charge in [0.2, 0.25) is 5.91 Å². The van der Waals surface area contributed by atoms with Crippen LogP contribution in [0.2, 0.25) is 0 Å². The zero-order valence-electron chi connectivity index (χ0n) is 11.4. The molecule has 0 saturated carbocycles. The number of primary amides is 1. The van der Waals surface area contributed by atoms with Gasteiger partial charge in [0.1, 0.15) is 5.56 Å². The second kappa shape index (κ2) is 6.31. The number of hydrogen-bond acceptors (Lipinski definition) is 5. The number of nitrogens with two attached hydrogens (primary N) is 1. The van der Waals surface area contributed by atoms with Crippen LogP contribution in [-0.2, 0) is 4.79 Å². The van der Waals surface area contributed by atoms with Gasteiger partial charge in [-0.2, -0.15) is 0 Å². The molecule has 1 aliphatic rings. The molecule has 2 rings (SSSR count). The van der Waals surface area contributed by atoms with Crippen molar-refractivity contribution in [2.45, 2.75) is 0 Å². The Balaban J connectivity index is 2.06. The lowest BCUT2D eigenvalue weighted by Gasteiger charge is -2.33. The Kier molecular flexibility index (Phi) is 4.49. The molecule has 8 heteroatoms. The molecule has 1 saturated heterocycles. The maximum Gasteiger partial charge on any atom is 0.282 e. The average molecular weight is 292 g/mol. The highest BCUT2D eigenvalue weighted by molar-refractivity contribution is 5.98. The summed E-state index contributed by atoms with van der Waals surface area (Å²) in [6.07, 6.45) is 0. The highest BCUT2D eigenvalue weighted by Gasteiger charge is 2.27. The Bertz CT molecular complexity index is 567. The van der Waals surface area contributed by atoms with Gasteiger partial charge in [-0.1, -0.05) is 12.1 Å². The molecule has 1 aromatic rings. The quantitative estimate of drug-likeness (QED) is 0.612. The fraction of sp³-hybridized carbons (Fsp3) is 0.385. The summed E-state index contributed by atoms with van der Waals surface area (Å²) in [5, 5.41) is 11.0. The largest absolute Gasteiger partial charge is 0.369 e. The number of rotatable bonds is 4. The van der Waals surface area contributed by atoms with Crippen LogP contribution < -0.4 is 5.73 Å². The number of nitrogens with zero attached hydrogens (tertiary/aromatic N) is 3. The number of benzene rings is 1.